The van der Waals surface area contributed by atoms with Crippen molar-refractivity contribution in [1.82, 2.24) is 0 Å². The topological polar surface area (TPSA) is 19.6 Å². The Morgan fingerprint density at radius 2 is 1.32 bits per heavy atom. The zero-order valence-corrected chi connectivity index (χ0v) is 34.5. The van der Waals surface area contributed by atoms with Gasteiger partial charge in [-0.15, -0.1) is 0 Å². The Kier molecular flexibility index (Phi) is 6.87. The van der Waals surface area contributed by atoms with Crippen LogP contribution in [0.1, 0.15) is 73.9 Å². The van der Waals surface area contributed by atoms with E-state index in [9.17, 15) is 0 Å². The molecule has 0 N–H and O–H groups in total. The summed E-state index contributed by atoms with van der Waals surface area (Å²) in [5.41, 5.74) is 17.9. The molecule has 0 radical (unpaired) electrons. The van der Waals surface area contributed by atoms with Gasteiger partial charge in [-0.3, -0.25) is 0 Å². The molecule has 7 aromatic carbocycles. The molecule has 8 aromatic rings. The number of fused-ring (bicyclic) bond motifs is 12. The molecule has 3 nitrogen and oxygen atoms in total. The minimum absolute atomic E-state index is 0.0816. The molecule has 2 atom stereocenters. The first kappa shape index (κ1) is 34.5. The van der Waals surface area contributed by atoms with Crippen molar-refractivity contribution in [2.75, 3.05) is 16.8 Å². The minimum Gasteiger partial charge on any atom is -0.454 e. The predicted octanol–water partition coefficient (Wildman–Crippen LogP) is 14.8. The zero-order chi connectivity index (χ0) is 40.0. The molecule has 1 aromatic heterocycles. The highest BCUT2D eigenvalue weighted by atomic mass is 16.3. The fourth-order valence-electron chi connectivity index (χ4n) is 11.4. The largest absolute Gasteiger partial charge is 0.454 e. The molecule has 286 valence electrons. The lowest BCUT2D eigenvalue weighted by molar-refractivity contribution is 0.526. The van der Waals surface area contributed by atoms with Gasteiger partial charge in [-0.05, 0) is 98.8 Å². The van der Waals surface area contributed by atoms with Crippen molar-refractivity contribution in [3.8, 4) is 11.1 Å². The van der Waals surface area contributed by atoms with E-state index in [1.807, 2.05) is 0 Å². The summed E-state index contributed by atoms with van der Waals surface area (Å²) in [6, 6.07) is 49.7. The molecule has 1 aliphatic heterocycles. The van der Waals surface area contributed by atoms with E-state index < -0.39 is 0 Å². The summed E-state index contributed by atoms with van der Waals surface area (Å²) < 4.78 is 6.88. The standard InChI is InChI=1S/C56H46N2O/c1-54(2)42-23-11-7-17-34(42)31-44(54)35-28-29-40-45(32-35)55(3,4)46-33-49(36-18-8-9-20-38(36)51(40)46)58(48-26-15-21-39-37-19-10-12-27-50(37)59-53(39)48)47-25-16-22-41-43-24-13-14-30-56(43,5)57(6)52(41)47/h7-33,43H,1-6H3. The summed E-state index contributed by atoms with van der Waals surface area (Å²) in [5.74, 6) is 0.239. The highest BCUT2D eigenvalue weighted by Gasteiger charge is 2.47. The third kappa shape index (κ3) is 4.48. The maximum absolute atomic E-state index is 6.88. The molecule has 12 rings (SSSR count). The van der Waals surface area contributed by atoms with Gasteiger partial charge >= 0.3 is 0 Å². The summed E-state index contributed by atoms with van der Waals surface area (Å²) in [6.07, 6.45) is 11.6. The monoisotopic (exact) mass is 762 g/mol. The van der Waals surface area contributed by atoms with Crippen LogP contribution < -0.4 is 9.80 Å². The van der Waals surface area contributed by atoms with Crippen LogP contribution in [0.2, 0.25) is 0 Å². The van der Waals surface area contributed by atoms with Crippen molar-refractivity contribution in [2.24, 2.45) is 0 Å². The van der Waals surface area contributed by atoms with Gasteiger partial charge < -0.3 is 14.2 Å². The Morgan fingerprint density at radius 1 is 0.593 bits per heavy atom. The van der Waals surface area contributed by atoms with Crippen LogP contribution in [0.15, 0.2) is 162 Å². The van der Waals surface area contributed by atoms with E-state index in [4.69, 9.17) is 4.42 Å². The predicted molar refractivity (Wildman–Crippen MR) is 249 cm³/mol. The quantitative estimate of drug-likeness (QED) is 0.178. The third-order valence-electron chi connectivity index (χ3n) is 14.6. The molecular weight excluding hydrogens is 717 g/mol. The van der Waals surface area contributed by atoms with Crippen LogP contribution in [0.3, 0.4) is 0 Å². The maximum atomic E-state index is 6.88. The van der Waals surface area contributed by atoms with E-state index >= 15 is 0 Å². The lowest BCUT2D eigenvalue weighted by atomic mass is 9.76. The Labute approximate surface area is 346 Å². The smallest absolute Gasteiger partial charge is 0.159 e. The molecule has 4 aliphatic rings. The average Bonchev–Trinajstić information content (AvgIpc) is 3.91. The summed E-state index contributed by atoms with van der Waals surface area (Å²) in [5, 5.41) is 4.72. The van der Waals surface area contributed by atoms with Gasteiger partial charge in [0.15, 0.2) is 5.58 Å². The van der Waals surface area contributed by atoms with Crippen molar-refractivity contribution >= 4 is 67.1 Å². The van der Waals surface area contributed by atoms with E-state index in [0.717, 1.165) is 39.0 Å². The fraction of sp³-hybridized carbons (Fsp3) is 0.179. The number of hydrogen-bond donors (Lipinski definition) is 0. The van der Waals surface area contributed by atoms with Crippen LogP contribution in [-0.2, 0) is 10.8 Å². The molecule has 0 amide bonds. The first-order chi connectivity index (χ1) is 28.6. The van der Waals surface area contributed by atoms with E-state index in [2.05, 4.69) is 215 Å². The molecular formula is C56H46N2O. The van der Waals surface area contributed by atoms with E-state index in [1.165, 1.54) is 66.5 Å². The van der Waals surface area contributed by atoms with Crippen LogP contribution >= 0.6 is 0 Å². The van der Waals surface area contributed by atoms with Crippen molar-refractivity contribution < 1.29 is 4.42 Å². The van der Waals surface area contributed by atoms with Gasteiger partial charge in [0.25, 0.3) is 0 Å². The van der Waals surface area contributed by atoms with Gasteiger partial charge in [0.2, 0.25) is 0 Å². The SMILES string of the molecule is CN1c2c(cccc2N(c2cc3c(c4ccccc24)-c2ccc(C4=Cc5ccccc5C4(C)C)cc2C3(C)C)c2cccc3c2oc2ccccc23)C2C=CC=CC21C. The van der Waals surface area contributed by atoms with Gasteiger partial charge in [0, 0.05) is 40.0 Å². The Hall–Kier alpha value is -6.58. The molecule has 0 saturated heterocycles. The maximum Gasteiger partial charge on any atom is 0.159 e. The molecule has 0 spiro atoms. The van der Waals surface area contributed by atoms with Crippen LogP contribution in [-0.4, -0.2) is 12.6 Å². The van der Waals surface area contributed by atoms with E-state index in [1.54, 1.807) is 0 Å². The number of nitrogens with zero attached hydrogens (tertiary/aromatic N) is 2. The van der Waals surface area contributed by atoms with E-state index in [-0.39, 0.29) is 22.3 Å². The summed E-state index contributed by atoms with van der Waals surface area (Å²) in [6.45, 7) is 11.9. The second-order valence-electron chi connectivity index (χ2n) is 18.3. The number of allylic oxidation sites excluding steroid dienone is 3. The van der Waals surface area contributed by atoms with Crippen LogP contribution in [0.5, 0.6) is 0 Å². The van der Waals surface area contributed by atoms with E-state index in [0.29, 0.717) is 0 Å². The lowest BCUT2D eigenvalue weighted by Gasteiger charge is -2.38. The summed E-state index contributed by atoms with van der Waals surface area (Å²) >= 11 is 0. The second-order valence-corrected chi connectivity index (χ2v) is 18.3. The van der Waals surface area contributed by atoms with Gasteiger partial charge in [-0.25, -0.2) is 0 Å². The van der Waals surface area contributed by atoms with Gasteiger partial charge in [-0.1, -0.05) is 155 Å². The summed E-state index contributed by atoms with van der Waals surface area (Å²) in [4.78, 5) is 5.02. The van der Waals surface area contributed by atoms with Gasteiger partial charge in [-0.2, -0.15) is 0 Å². The van der Waals surface area contributed by atoms with Crippen LogP contribution in [0.25, 0.3) is 55.5 Å². The van der Waals surface area contributed by atoms with Crippen LogP contribution in [0, 0.1) is 0 Å². The molecule has 0 saturated carbocycles. The van der Waals surface area contributed by atoms with Gasteiger partial charge in [0.05, 0.1) is 28.3 Å². The number of anilines is 4. The number of para-hydroxylation sites is 3. The van der Waals surface area contributed by atoms with Gasteiger partial charge in [0.1, 0.15) is 5.58 Å². The van der Waals surface area contributed by atoms with Crippen molar-refractivity contribution in [3.63, 3.8) is 0 Å². The molecule has 2 unspecified atom stereocenters. The molecule has 3 aliphatic carbocycles. The third-order valence-corrected chi connectivity index (χ3v) is 14.6. The summed E-state index contributed by atoms with van der Waals surface area (Å²) in [7, 11) is 2.27. The highest BCUT2D eigenvalue weighted by Crippen LogP contribution is 2.59. The number of rotatable bonds is 4. The first-order valence-electron chi connectivity index (χ1n) is 21.0. The van der Waals surface area contributed by atoms with Crippen molar-refractivity contribution in [1.29, 1.82) is 0 Å². The highest BCUT2D eigenvalue weighted by molar-refractivity contribution is 6.15. The lowest BCUT2D eigenvalue weighted by Crippen LogP contribution is -2.42. The number of benzene rings is 7. The molecule has 59 heavy (non-hydrogen) atoms. The molecule has 0 fully saturated rings. The molecule has 2 heterocycles. The molecule has 0 bridgehead atoms. The second kappa shape index (κ2) is 11.8. The normalized spacial score (nSPS) is 20.1. The average molecular weight is 763 g/mol. The Morgan fingerprint density at radius 3 is 2.17 bits per heavy atom. The Balaban J connectivity index is 1.12. The Bertz CT molecular complexity index is 3220. The van der Waals surface area contributed by atoms with Crippen LogP contribution in [0.4, 0.5) is 22.7 Å². The fourth-order valence-corrected chi connectivity index (χ4v) is 11.4. The number of likely N-dealkylation sites (N-methyl/N-ethyl adjacent to an activating group) is 1. The number of hydrogen-bond acceptors (Lipinski definition) is 3. The van der Waals surface area contributed by atoms with Crippen molar-refractivity contribution in [3.05, 3.63) is 191 Å². The molecule has 3 heteroatoms. The first-order valence-corrected chi connectivity index (χ1v) is 21.0. The minimum atomic E-state index is -0.264. The number of furan rings is 1. The van der Waals surface area contributed by atoms with Crippen molar-refractivity contribution in [2.45, 2.75) is 56.9 Å². The zero-order valence-electron chi connectivity index (χ0n) is 34.5.